The molecule has 3 aromatic rings. The molecule has 0 radical (unpaired) electrons. The number of rotatable bonds is 1. The quantitative estimate of drug-likeness (QED) is 0.633. The molecular weight excluding hydrogens is 316 g/mol. The first kappa shape index (κ1) is 17.3. The molecule has 2 amide bonds. The van der Waals surface area contributed by atoms with E-state index in [9.17, 15) is 4.79 Å². The third kappa shape index (κ3) is 3.75. The van der Waals surface area contributed by atoms with Crippen molar-refractivity contribution in [2.75, 3.05) is 14.1 Å². The summed E-state index contributed by atoms with van der Waals surface area (Å²) in [6, 6.07) is 2.51. The van der Waals surface area contributed by atoms with E-state index in [1.165, 1.54) is 32.1 Å². The summed E-state index contributed by atoms with van der Waals surface area (Å²) in [4.78, 5) is 27.9. The summed E-state index contributed by atoms with van der Waals surface area (Å²) in [6.45, 7) is 1.94. The number of hydrogen-bond acceptors (Lipinski definition) is 3. The molecule has 1 aliphatic carbocycles. The molecule has 25 heavy (non-hydrogen) atoms. The molecule has 134 valence electrons. The molecule has 0 atom stereocenters. The van der Waals surface area contributed by atoms with Gasteiger partial charge in [-0.1, -0.05) is 19.3 Å². The molecule has 0 spiro atoms. The van der Waals surface area contributed by atoms with Crippen LogP contribution in [-0.2, 0) is 0 Å². The summed E-state index contributed by atoms with van der Waals surface area (Å²) in [6.07, 6.45) is 9.89. The van der Waals surface area contributed by atoms with Gasteiger partial charge in [0.25, 0.3) is 0 Å². The van der Waals surface area contributed by atoms with Crippen molar-refractivity contribution in [2.45, 2.75) is 45.1 Å². The molecule has 3 aromatic heterocycles. The second-order valence-corrected chi connectivity index (χ2v) is 6.54. The van der Waals surface area contributed by atoms with Crippen molar-refractivity contribution in [1.29, 1.82) is 0 Å². The highest BCUT2D eigenvalue weighted by molar-refractivity contribution is 6.00. The zero-order valence-corrected chi connectivity index (χ0v) is 15.1. The van der Waals surface area contributed by atoms with Crippen LogP contribution in [0.5, 0.6) is 0 Å². The largest absolute Gasteiger partial charge is 0.346 e. The van der Waals surface area contributed by atoms with Crippen LogP contribution in [0.25, 0.3) is 22.1 Å². The van der Waals surface area contributed by atoms with Crippen LogP contribution in [0.2, 0.25) is 0 Å². The fourth-order valence-corrected chi connectivity index (χ4v) is 3.41. The fraction of sp³-hybridized carbons (Fsp3) is 0.500. The third-order valence-electron chi connectivity index (χ3n) is 4.81. The number of aromatic amines is 2. The maximum absolute atomic E-state index is 11.2. The van der Waals surface area contributed by atoms with Gasteiger partial charge in [-0.2, -0.15) is 0 Å². The van der Waals surface area contributed by atoms with Crippen LogP contribution in [-0.4, -0.2) is 51.0 Å². The Hall–Kier alpha value is -2.57. The molecule has 3 N–H and O–H groups in total. The van der Waals surface area contributed by atoms with E-state index < -0.39 is 0 Å². The Labute approximate surface area is 147 Å². The number of fused-ring (bicyclic) bond motifs is 3. The second kappa shape index (κ2) is 7.55. The van der Waals surface area contributed by atoms with E-state index in [1.54, 1.807) is 13.2 Å². The van der Waals surface area contributed by atoms with Crippen LogP contribution >= 0.6 is 0 Å². The monoisotopic (exact) mass is 342 g/mol. The van der Waals surface area contributed by atoms with E-state index in [4.69, 9.17) is 0 Å². The average molecular weight is 342 g/mol. The number of urea groups is 1. The second-order valence-electron chi connectivity index (χ2n) is 6.54. The molecule has 0 aromatic carbocycles. The van der Waals surface area contributed by atoms with E-state index >= 15 is 0 Å². The highest BCUT2D eigenvalue weighted by Crippen LogP contribution is 2.21. The van der Waals surface area contributed by atoms with Crippen molar-refractivity contribution in [1.82, 2.24) is 30.2 Å². The van der Waals surface area contributed by atoms with Gasteiger partial charge in [0.05, 0.1) is 11.7 Å². The summed E-state index contributed by atoms with van der Waals surface area (Å²) < 4.78 is 0. The number of nitrogens with zero attached hydrogens (tertiary/aromatic N) is 3. The SMILES string of the molecule is CNC(=O)N(C)C1CCCCC1.Cc1nc2c(cnc3[nH]ccc32)[nH]1. The molecular formula is C18H26N6O. The van der Waals surface area contributed by atoms with Crippen LogP contribution in [0.15, 0.2) is 18.5 Å². The number of hydrogen-bond donors (Lipinski definition) is 3. The zero-order valence-electron chi connectivity index (χ0n) is 15.1. The Kier molecular flexibility index (Phi) is 5.21. The number of pyridine rings is 1. The summed E-state index contributed by atoms with van der Waals surface area (Å²) in [5.41, 5.74) is 2.87. The predicted molar refractivity (Wildman–Crippen MR) is 99.6 cm³/mol. The van der Waals surface area contributed by atoms with Gasteiger partial charge < -0.3 is 20.2 Å². The lowest BCUT2D eigenvalue weighted by Gasteiger charge is -2.30. The lowest BCUT2D eigenvalue weighted by Crippen LogP contribution is -2.43. The maximum Gasteiger partial charge on any atom is 0.317 e. The summed E-state index contributed by atoms with van der Waals surface area (Å²) in [5.74, 6) is 0.922. The van der Waals surface area contributed by atoms with Gasteiger partial charge in [0.15, 0.2) is 0 Å². The Morgan fingerprint density at radius 3 is 2.80 bits per heavy atom. The Morgan fingerprint density at radius 1 is 1.32 bits per heavy atom. The summed E-state index contributed by atoms with van der Waals surface area (Å²) in [5, 5.41) is 3.72. The van der Waals surface area contributed by atoms with E-state index in [2.05, 4.69) is 25.3 Å². The van der Waals surface area contributed by atoms with Gasteiger partial charge in [0.2, 0.25) is 0 Å². The number of aromatic nitrogens is 4. The number of amides is 2. The molecule has 0 aliphatic heterocycles. The number of nitrogens with one attached hydrogen (secondary N) is 3. The number of carbonyl (C=O) groups excluding carboxylic acids is 1. The van der Waals surface area contributed by atoms with E-state index in [-0.39, 0.29) is 6.03 Å². The maximum atomic E-state index is 11.2. The number of imidazole rings is 1. The third-order valence-corrected chi connectivity index (χ3v) is 4.81. The van der Waals surface area contributed by atoms with E-state index in [0.717, 1.165) is 27.9 Å². The zero-order chi connectivity index (χ0) is 17.8. The van der Waals surface area contributed by atoms with Crippen molar-refractivity contribution in [2.24, 2.45) is 0 Å². The van der Waals surface area contributed by atoms with Crippen molar-refractivity contribution in [3.05, 3.63) is 24.3 Å². The van der Waals surface area contributed by atoms with Crippen LogP contribution in [0.3, 0.4) is 0 Å². The molecule has 7 nitrogen and oxygen atoms in total. The minimum absolute atomic E-state index is 0.0434. The first-order valence-corrected chi connectivity index (χ1v) is 8.83. The van der Waals surface area contributed by atoms with Gasteiger partial charge >= 0.3 is 6.03 Å². The van der Waals surface area contributed by atoms with Crippen LogP contribution in [0, 0.1) is 6.92 Å². The van der Waals surface area contributed by atoms with Crippen LogP contribution in [0.4, 0.5) is 4.79 Å². The van der Waals surface area contributed by atoms with Gasteiger partial charge in [0, 0.05) is 31.7 Å². The number of aryl methyl sites for hydroxylation is 1. The molecule has 4 rings (SSSR count). The molecule has 1 saturated carbocycles. The van der Waals surface area contributed by atoms with Gasteiger partial charge in [-0.3, -0.25) is 0 Å². The predicted octanol–water partition coefficient (Wildman–Crippen LogP) is 3.34. The minimum atomic E-state index is 0.0434. The highest BCUT2D eigenvalue weighted by atomic mass is 16.2. The van der Waals surface area contributed by atoms with Gasteiger partial charge in [0.1, 0.15) is 17.0 Å². The van der Waals surface area contributed by atoms with Crippen molar-refractivity contribution < 1.29 is 4.79 Å². The van der Waals surface area contributed by atoms with Gasteiger partial charge in [-0.05, 0) is 25.8 Å². The Morgan fingerprint density at radius 2 is 2.08 bits per heavy atom. The lowest BCUT2D eigenvalue weighted by molar-refractivity contribution is 0.175. The molecule has 7 heteroatoms. The van der Waals surface area contributed by atoms with Gasteiger partial charge in [-0.25, -0.2) is 14.8 Å². The molecule has 1 aliphatic rings. The number of H-pyrrole nitrogens is 2. The fourth-order valence-electron chi connectivity index (χ4n) is 3.41. The molecule has 3 heterocycles. The standard InChI is InChI=1S/C9H8N4.C9H18N2O/c1-5-12-7-4-11-9-6(2-3-10-9)8(7)13-5;1-10-9(12)11(2)8-6-4-3-5-7-8/h2-4H,1H3,(H,10,11)(H,12,13);8H,3-7H2,1-2H3,(H,10,12). The van der Waals surface area contributed by atoms with Crippen LogP contribution in [0.1, 0.15) is 37.9 Å². The topological polar surface area (TPSA) is 89.7 Å². The molecule has 0 saturated heterocycles. The molecule has 0 unspecified atom stereocenters. The first-order valence-electron chi connectivity index (χ1n) is 8.83. The highest BCUT2D eigenvalue weighted by Gasteiger charge is 2.20. The normalized spacial score (nSPS) is 15.0. The van der Waals surface area contributed by atoms with E-state index in [1.807, 2.05) is 31.1 Å². The van der Waals surface area contributed by atoms with E-state index in [0.29, 0.717) is 6.04 Å². The van der Waals surface area contributed by atoms with Crippen molar-refractivity contribution >= 4 is 28.1 Å². The average Bonchev–Trinajstić information content (AvgIpc) is 3.26. The summed E-state index contributed by atoms with van der Waals surface area (Å²) >= 11 is 0. The van der Waals surface area contributed by atoms with Crippen LogP contribution < -0.4 is 5.32 Å². The Bertz CT molecular complexity index is 846. The Balaban J connectivity index is 0.000000147. The minimum Gasteiger partial charge on any atom is -0.346 e. The van der Waals surface area contributed by atoms with Crippen molar-refractivity contribution in [3.63, 3.8) is 0 Å². The van der Waals surface area contributed by atoms with Gasteiger partial charge in [-0.15, -0.1) is 0 Å². The number of carbonyl (C=O) groups is 1. The van der Waals surface area contributed by atoms with Crippen molar-refractivity contribution in [3.8, 4) is 0 Å². The molecule has 0 bridgehead atoms. The first-order chi connectivity index (χ1) is 12.1. The smallest absolute Gasteiger partial charge is 0.317 e. The molecule has 1 fully saturated rings. The lowest BCUT2D eigenvalue weighted by atomic mass is 9.95. The summed E-state index contributed by atoms with van der Waals surface area (Å²) in [7, 11) is 3.57.